The monoisotopic (exact) mass is 344 g/mol. The summed E-state index contributed by atoms with van der Waals surface area (Å²) in [6.45, 7) is 4.97. The van der Waals surface area contributed by atoms with Crippen molar-refractivity contribution < 1.29 is 14.3 Å². The summed E-state index contributed by atoms with van der Waals surface area (Å²) in [4.78, 5) is 11.3. The molecule has 0 radical (unpaired) electrons. The van der Waals surface area contributed by atoms with Crippen molar-refractivity contribution in [1.29, 1.82) is 0 Å². The molecule has 1 unspecified atom stereocenters. The predicted molar refractivity (Wildman–Crippen MR) is 82.0 cm³/mol. The van der Waals surface area contributed by atoms with Gasteiger partial charge in [-0.3, -0.25) is 4.79 Å². The lowest BCUT2D eigenvalue weighted by Crippen LogP contribution is -2.33. The number of hydrogen-bond donors (Lipinski definition) is 2. The predicted octanol–water partition coefficient (Wildman–Crippen LogP) is 2.21. The fourth-order valence-electron chi connectivity index (χ4n) is 1.79. The van der Waals surface area contributed by atoms with Crippen molar-refractivity contribution in [3.8, 4) is 11.5 Å². The van der Waals surface area contributed by atoms with Gasteiger partial charge in [-0.15, -0.1) is 0 Å². The fraction of sp³-hybridized carbons (Fsp3) is 0.500. The molecule has 1 aromatic carbocycles. The van der Waals surface area contributed by atoms with Gasteiger partial charge < -0.3 is 20.5 Å². The van der Waals surface area contributed by atoms with Crippen molar-refractivity contribution in [3.05, 3.63) is 22.2 Å². The van der Waals surface area contributed by atoms with Crippen LogP contribution in [0.4, 0.5) is 0 Å². The molecular formula is C14H21BrN2O3. The highest BCUT2D eigenvalue weighted by Gasteiger charge is 2.20. The molecule has 3 N–H and O–H groups in total. The average molecular weight is 345 g/mol. The molecular weight excluding hydrogens is 324 g/mol. The Hall–Kier alpha value is -1.27. The van der Waals surface area contributed by atoms with Crippen LogP contribution in [0.25, 0.3) is 0 Å². The zero-order chi connectivity index (χ0) is 15.1. The Morgan fingerprint density at radius 3 is 2.65 bits per heavy atom. The molecule has 1 aromatic rings. The van der Waals surface area contributed by atoms with Gasteiger partial charge in [0.1, 0.15) is 0 Å². The van der Waals surface area contributed by atoms with Crippen molar-refractivity contribution in [2.45, 2.75) is 32.9 Å². The van der Waals surface area contributed by atoms with Crippen LogP contribution in [-0.2, 0) is 11.3 Å². The first-order valence-electron chi connectivity index (χ1n) is 6.59. The minimum Gasteiger partial charge on any atom is -0.490 e. The largest absolute Gasteiger partial charge is 0.490 e. The number of nitrogens with one attached hydrogen (secondary N) is 1. The molecule has 1 atom stereocenters. The summed E-state index contributed by atoms with van der Waals surface area (Å²) in [7, 11) is 1.87. The summed E-state index contributed by atoms with van der Waals surface area (Å²) >= 11 is 3.46. The molecule has 0 aliphatic heterocycles. The van der Waals surface area contributed by atoms with Gasteiger partial charge in [-0.25, -0.2) is 0 Å². The summed E-state index contributed by atoms with van der Waals surface area (Å²) in [5, 5.41) is 3.08. The molecule has 6 heteroatoms. The molecule has 0 aromatic heterocycles. The zero-order valence-corrected chi connectivity index (χ0v) is 13.6. The Bertz CT molecular complexity index is 466. The fourth-order valence-corrected chi connectivity index (χ4v) is 2.37. The van der Waals surface area contributed by atoms with Crippen LogP contribution >= 0.6 is 15.9 Å². The number of halogens is 1. The molecule has 0 saturated carbocycles. The van der Waals surface area contributed by atoms with Gasteiger partial charge in [-0.05, 0) is 54.0 Å². The van der Waals surface area contributed by atoms with E-state index in [2.05, 4.69) is 21.2 Å². The van der Waals surface area contributed by atoms with E-state index in [-0.39, 0.29) is 0 Å². The van der Waals surface area contributed by atoms with E-state index < -0.39 is 12.0 Å². The normalized spacial score (nSPS) is 12.0. The van der Waals surface area contributed by atoms with Crippen molar-refractivity contribution >= 4 is 21.8 Å². The quantitative estimate of drug-likeness (QED) is 0.758. The van der Waals surface area contributed by atoms with Crippen LogP contribution in [0.15, 0.2) is 16.6 Å². The molecule has 0 aliphatic carbocycles. The van der Waals surface area contributed by atoms with Crippen LogP contribution in [0.3, 0.4) is 0 Å². The number of benzene rings is 1. The SMILES string of the molecule is CCOc1cc(CNC)cc(Br)c1OC(CC)C(N)=O. The van der Waals surface area contributed by atoms with Gasteiger partial charge in [0.2, 0.25) is 0 Å². The number of hydrogen-bond acceptors (Lipinski definition) is 4. The number of carbonyl (C=O) groups is 1. The van der Waals surface area contributed by atoms with Gasteiger partial charge in [0.25, 0.3) is 5.91 Å². The second-order valence-corrected chi connectivity index (χ2v) is 5.14. The Balaban J connectivity index is 3.12. The van der Waals surface area contributed by atoms with E-state index in [1.54, 1.807) is 0 Å². The molecule has 0 fully saturated rings. The van der Waals surface area contributed by atoms with Gasteiger partial charge in [-0.2, -0.15) is 0 Å². The minimum absolute atomic E-state index is 0.485. The topological polar surface area (TPSA) is 73.6 Å². The molecule has 112 valence electrons. The molecule has 1 rings (SSSR count). The first-order valence-corrected chi connectivity index (χ1v) is 7.38. The number of primary amides is 1. The van der Waals surface area contributed by atoms with Crippen LogP contribution in [0.1, 0.15) is 25.8 Å². The van der Waals surface area contributed by atoms with Crippen molar-refractivity contribution in [3.63, 3.8) is 0 Å². The number of nitrogens with two attached hydrogens (primary N) is 1. The standard InChI is InChI=1S/C14H21BrN2O3/c1-4-11(14(16)18)20-13-10(15)6-9(8-17-3)7-12(13)19-5-2/h6-7,11,17H,4-5,8H2,1-3H3,(H2,16,18). The molecule has 20 heavy (non-hydrogen) atoms. The van der Waals surface area contributed by atoms with Crippen molar-refractivity contribution in [2.75, 3.05) is 13.7 Å². The maximum absolute atomic E-state index is 11.3. The van der Waals surface area contributed by atoms with Gasteiger partial charge in [0.05, 0.1) is 11.1 Å². The van der Waals surface area contributed by atoms with Gasteiger partial charge in [-0.1, -0.05) is 6.92 Å². The maximum Gasteiger partial charge on any atom is 0.258 e. The highest BCUT2D eigenvalue weighted by Crippen LogP contribution is 2.37. The summed E-state index contributed by atoms with van der Waals surface area (Å²) in [6.07, 6.45) is -0.160. The second-order valence-electron chi connectivity index (χ2n) is 4.29. The van der Waals surface area contributed by atoms with E-state index in [0.29, 0.717) is 31.1 Å². The number of rotatable bonds is 8. The van der Waals surface area contributed by atoms with Gasteiger partial charge in [0, 0.05) is 6.54 Å². The highest BCUT2D eigenvalue weighted by atomic mass is 79.9. The molecule has 0 aliphatic rings. The Labute approximate surface area is 127 Å². The molecule has 0 heterocycles. The highest BCUT2D eigenvalue weighted by molar-refractivity contribution is 9.10. The van der Waals surface area contributed by atoms with E-state index in [0.717, 1.165) is 10.0 Å². The van der Waals surface area contributed by atoms with Crippen LogP contribution in [0.5, 0.6) is 11.5 Å². The zero-order valence-electron chi connectivity index (χ0n) is 12.0. The van der Waals surface area contributed by atoms with Crippen LogP contribution in [0.2, 0.25) is 0 Å². The summed E-state index contributed by atoms with van der Waals surface area (Å²) in [5.74, 6) is 0.630. The first kappa shape index (κ1) is 16.8. The smallest absolute Gasteiger partial charge is 0.258 e. The number of ether oxygens (including phenoxy) is 2. The third-order valence-electron chi connectivity index (χ3n) is 2.70. The van der Waals surface area contributed by atoms with Crippen LogP contribution in [-0.4, -0.2) is 25.7 Å². The molecule has 5 nitrogen and oxygen atoms in total. The summed E-state index contributed by atoms with van der Waals surface area (Å²) < 4.78 is 12.0. The third-order valence-corrected chi connectivity index (χ3v) is 3.29. The Morgan fingerprint density at radius 2 is 2.15 bits per heavy atom. The van der Waals surface area contributed by atoms with Crippen molar-refractivity contribution in [1.82, 2.24) is 5.32 Å². The minimum atomic E-state index is -0.666. The maximum atomic E-state index is 11.3. The van der Waals surface area contributed by atoms with E-state index in [1.165, 1.54) is 0 Å². The van der Waals surface area contributed by atoms with Gasteiger partial charge >= 0.3 is 0 Å². The first-order chi connectivity index (χ1) is 9.53. The van der Waals surface area contributed by atoms with Crippen molar-refractivity contribution in [2.24, 2.45) is 5.73 Å². The third kappa shape index (κ3) is 4.38. The molecule has 0 spiro atoms. The second kappa shape index (κ2) is 8.11. The molecule has 0 bridgehead atoms. The Kier molecular flexibility index (Phi) is 6.81. The van der Waals surface area contributed by atoms with E-state index in [4.69, 9.17) is 15.2 Å². The van der Waals surface area contributed by atoms with E-state index in [1.807, 2.05) is 33.0 Å². The molecule has 0 saturated heterocycles. The van der Waals surface area contributed by atoms with Crippen LogP contribution < -0.4 is 20.5 Å². The van der Waals surface area contributed by atoms with Crippen LogP contribution in [0, 0.1) is 0 Å². The van der Waals surface area contributed by atoms with E-state index >= 15 is 0 Å². The number of carbonyl (C=O) groups excluding carboxylic acids is 1. The lowest BCUT2D eigenvalue weighted by molar-refractivity contribution is -0.124. The lowest BCUT2D eigenvalue weighted by atomic mass is 10.2. The molecule has 1 amide bonds. The van der Waals surface area contributed by atoms with Gasteiger partial charge in [0.15, 0.2) is 17.6 Å². The van der Waals surface area contributed by atoms with E-state index in [9.17, 15) is 4.79 Å². The average Bonchev–Trinajstić information content (AvgIpc) is 2.38. The lowest BCUT2D eigenvalue weighted by Gasteiger charge is -2.19. The summed E-state index contributed by atoms with van der Waals surface area (Å²) in [6, 6.07) is 3.83. The summed E-state index contributed by atoms with van der Waals surface area (Å²) in [5.41, 5.74) is 6.37. The number of amides is 1. The Morgan fingerprint density at radius 1 is 1.45 bits per heavy atom.